The molecular formula is C13H28. The van der Waals surface area contributed by atoms with Crippen molar-refractivity contribution in [3.8, 4) is 0 Å². The van der Waals surface area contributed by atoms with Crippen molar-refractivity contribution in [1.82, 2.24) is 0 Å². The van der Waals surface area contributed by atoms with Crippen LogP contribution in [0.3, 0.4) is 0 Å². The second kappa shape index (κ2) is 4.48. The fourth-order valence-corrected chi connectivity index (χ4v) is 1.19. The van der Waals surface area contributed by atoms with E-state index in [0.29, 0.717) is 10.8 Å². The van der Waals surface area contributed by atoms with Gasteiger partial charge in [-0.05, 0) is 23.2 Å². The van der Waals surface area contributed by atoms with Crippen LogP contribution in [0.5, 0.6) is 0 Å². The quantitative estimate of drug-likeness (QED) is 0.544. The lowest BCUT2D eigenvalue weighted by molar-refractivity contribution is 0.354. The minimum atomic E-state index is 0.500. The topological polar surface area (TPSA) is 0 Å². The standard InChI is InChI=1S/C8H16.C5H12/c1-8(2,3)6-7-4-5-7;1-5(2,3)4/h7H,4-6H2,1-3H3;1-4H3. The molecule has 0 heteroatoms. The van der Waals surface area contributed by atoms with Gasteiger partial charge in [-0.15, -0.1) is 0 Å². The maximum Gasteiger partial charge on any atom is -0.0380 e. The van der Waals surface area contributed by atoms with Gasteiger partial charge in [-0.1, -0.05) is 61.3 Å². The molecule has 0 saturated heterocycles. The largest absolute Gasteiger partial charge is 0.0604 e. The fourth-order valence-electron chi connectivity index (χ4n) is 1.19. The van der Waals surface area contributed by atoms with Gasteiger partial charge in [-0.2, -0.15) is 0 Å². The molecule has 0 aliphatic heterocycles. The molecule has 0 atom stereocenters. The van der Waals surface area contributed by atoms with Crippen LogP contribution in [0.25, 0.3) is 0 Å². The summed E-state index contributed by atoms with van der Waals surface area (Å²) in [5.74, 6) is 1.09. The molecule has 0 N–H and O–H groups in total. The summed E-state index contributed by atoms with van der Waals surface area (Å²) in [6.45, 7) is 15.7. The van der Waals surface area contributed by atoms with Crippen LogP contribution < -0.4 is 0 Å². The predicted molar refractivity (Wildman–Crippen MR) is 61.9 cm³/mol. The first-order valence-corrected chi connectivity index (χ1v) is 5.58. The Bertz CT molecular complexity index is 121. The van der Waals surface area contributed by atoms with E-state index >= 15 is 0 Å². The van der Waals surface area contributed by atoms with Gasteiger partial charge in [0.05, 0.1) is 0 Å². The zero-order chi connectivity index (χ0) is 10.7. The third-order valence-electron chi connectivity index (χ3n) is 1.60. The Labute approximate surface area is 85.1 Å². The molecule has 1 saturated carbocycles. The number of hydrogen-bond donors (Lipinski definition) is 0. The fraction of sp³-hybridized carbons (Fsp3) is 1.00. The van der Waals surface area contributed by atoms with Crippen LogP contribution in [0, 0.1) is 16.7 Å². The van der Waals surface area contributed by atoms with Crippen molar-refractivity contribution >= 4 is 0 Å². The summed E-state index contributed by atoms with van der Waals surface area (Å²) in [7, 11) is 0. The van der Waals surface area contributed by atoms with Gasteiger partial charge >= 0.3 is 0 Å². The lowest BCUT2D eigenvalue weighted by Gasteiger charge is -2.16. The summed E-state index contributed by atoms with van der Waals surface area (Å²) in [5.41, 5.74) is 1.08. The molecule has 80 valence electrons. The van der Waals surface area contributed by atoms with Crippen molar-refractivity contribution in [1.29, 1.82) is 0 Å². The van der Waals surface area contributed by atoms with E-state index < -0.39 is 0 Å². The second-order valence-electron chi connectivity index (χ2n) is 7.21. The van der Waals surface area contributed by atoms with Crippen molar-refractivity contribution in [3.63, 3.8) is 0 Å². The zero-order valence-electron chi connectivity index (χ0n) is 10.7. The normalized spacial score (nSPS) is 17.8. The molecule has 1 fully saturated rings. The molecule has 0 aromatic carbocycles. The Kier molecular flexibility index (Phi) is 4.48. The summed E-state index contributed by atoms with van der Waals surface area (Å²) in [5, 5.41) is 0. The van der Waals surface area contributed by atoms with Crippen molar-refractivity contribution < 1.29 is 0 Å². The molecule has 0 aromatic heterocycles. The molecule has 0 aromatic rings. The van der Waals surface area contributed by atoms with Crippen LogP contribution in [0.1, 0.15) is 67.7 Å². The first kappa shape index (κ1) is 13.0. The van der Waals surface area contributed by atoms with E-state index in [0.717, 1.165) is 5.92 Å². The molecule has 0 unspecified atom stereocenters. The second-order valence-corrected chi connectivity index (χ2v) is 7.21. The van der Waals surface area contributed by atoms with E-state index in [2.05, 4.69) is 48.5 Å². The van der Waals surface area contributed by atoms with Crippen LogP contribution in [0.4, 0.5) is 0 Å². The highest BCUT2D eigenvalue weighted by atomic mass is 14.3. The summed E-state index contributed by atoms with van der Waals surface area (Å²) in [6.07, 6.45) is 4.43. The molecule has 0 spiro atoms. The van der Waals surface area contributed by atoms with Gasteiger partial charge in [0.15, 0.2) is 0 Å². The van der Waals surface area contributed by atoms with E-state index in [1.54, 1.807) is 0 Å². The third kappa shape index (κ3) is 18.8. The number of rotatable bonds is 1. The predicted octanol–water partition coefficient (Wildman–Crippen LogP) is 4.89. The van der Waals surface area contributed by atoms with Crippen LogP contribution in [-0.4, -0.2) is 0 Å². The molecule has 13 heavy (non-hydrogen) atoms. The molecular weight excluding hydrogens is 156 g/mol. The zero-order valence-corrected chi connectivity index (χ0v) is 10.7. The van der Waals surface area contributed by atoms with Crippen LogP contribution in [0.15, 0.2) is 0 Å². The molecule has 0 nitrogen and oxygen atoms in total. The molecule has 1 aliphatic carbocycles. The van der Waals surface area contributed by atoms with E-state index in [1.165, 1.54) is 19.3 Å². The van der Waals surface area contributed by atoms with Crippen LogP contribution >= 0.6 is 0 Å². The Morgan fingerprint density at radius 1 is 0.846 bits per heavy atom. The minimum Gasteiger partial charge on any atom is -0.0604 e. The molecule has 0 bridgehead atoms. The Morgan fingerprint density at radius 3 is 1.23 bits per heavy atom. The maximum atomic E-state index is 2.32. The van der Waals surface area contributed by atoms with Crippen molar-refractivity contribution in [2.24, 2.45) is 16.7 Å². The van der Waals surface area contributed by atoms with Crippen LogP contribution in [-0.2, 0) is 0 Å². The van der Waals surface area contributed by atoms with E-state index in [9.17, 15) is 0 Å². The molecule has 1 rings (SSSR count). The van der Waals surface area contributed by atoms with Crippen LogP contribution in [0.2, 0.25) is 0 Å². The summed E-state index contributed by atoms with van der Waals surface area (Å²) < 4.78 is 0. The summed E-state index contributed by atoms with van der Waals surface area (Å²) in [4.78, 5) is 0. The first-order valence-electron chi connectivity index (χ1n) is 5.58. The van der Waals surface area contributed by atoms with E-state index in [4.69, 9.17) is 0 Å². The first-order chi connectivity index (χ1) is 5.58. The van der Waals surface area contributed by atoms with E-state index in [1.807, 2.05) is 0 Å². The Balaban J connectivity index is 0.000000252. The van der Waals surface area contributed by atoms with Gasteiger partial charge in [-0.25, -0.2) is 0 Å². The average molecular weight is 184 g/mol. The smallest absolute Gasteiger partial charge is 0.0380 e. The third-order valence-corrected chi connectivity index (χ3v) is 1.60. The SMILES string of the molecule is CC(C)(C)C.CC(C)(C)CC1CC1. The average Bonchev–Trinajstić information content (AvgIpc) is 2.38. The van der Waals surface area contributed by atoms with Gasteiger partial charge in [0, 0.05) is 0 Å². The molecule has 0 heterocycles. The summed E-state index contributed by atoms with van der Waals surface area (Å²) >= 11 is 0. The Morgan fingerprint density at radius 2 is 1.15 bits per heavy atom. The van der Waals surface area contributed by atoms with Crippen molar-refractivity contribution in [3.05, 3.63) is 0 Å². The highest BCUT2D eigenvalue weighted by Gasteiger charge is 2.26. The molecule has 0 amide bonds. The minimum absolute atomic E-state index is 0.500. The van der Waals surface area contributed by atoms with Gasteiger partial charge in [-0.3, -0.25) is 0 Å². The molecule has 0 radical (unpaired) electrons. The molecule has 1 aliphatic rings. The highest BCUT2D eigenvalue weighted by molar-refractivity contribution is 4.78. The van der Waals surface area contributed by atoms with Gasteiger partial charge < -0.3 is 0 Å². The number of hydrogen-bond acceptors (Lipinski definition) is 0. The lowest BCUT2D eigenvalue weighted by atomic mass is 9.90. The maximum absolute atomic E-state index is 2.32. The lowest BCUT2D eigenvalue weighted by Crippen LogP contribution is -2.04. The summed E-state index contributed by atoms with van der Waals surface area (Å²) in [6, 6.07) is 0. The van der Waals surface area contributed by atoms with Gasteiger partial charge in [0.2, 0.25) is 0 Å². The van der Waals surface area contributed by atoms with E-state index in [-0.39, 0.29) is 0 Å². The van der Waals surface area contributed by atoms with Gasteiger partial charge in [0.25, 0.3) is 0 Å². The van der Waals surface area contributed by atoms with Gasteiger partial charge in [0.1, 0.15) is 0 Å². The van der Waals surface area contributed by atoms with Crippen molar-refractivity contribution in [2.45, 2.75) is 67.7 Å². The Hall–Kier alpha value is 0. The monoisotopic (exact) mass is 184 g/mol. The van der Waals surface area contributed by atoms with Crippen molar-refractivity contribution in [2.75, 3.05) is 0 Å². The highest BCUT2D eigenvalue weighted by Crippen LogP contribution is 2.39.